The lowest BCUT2D eigenvalue weighted by Gasteiger charge is -2.51. The average Bonchev–Trinajstić information content (AvgIpc) is 2.37. The van der Waals surface area contributed by atoms with Gasteiger partial charge in [-0.15, -0.1) is 0 Å². The van der Waals surface area contributed by atoms with Crippen LogP contribution in [0.1, 0.15) is 53.0 Å². The van der Waals surface area contributed by atoms with E-state index in [-0.39, 0.29) is 23.0 Å². The first kappa shape index (κ1) is 14.4. The molecule has 0 heterocycles. The zero-order valence-electron chi connectivity index (χ0n) is 12.9. The lowest BCUT2D eigenvalue weighted by atomic mass is 9.62. The van der Waals surface area contributed by atoms with Crippen molar-refractivity contribution in [2.45, 2.75) is 65.0 Å². The van der Waals surface area contributed by atoms with Crippen LogP contribution in [0.15, 0.2) is 24.3 Å². The molecule has 0 aromatic heterocycles. The Morgan fingerprint density at radius 1 is 1.26 bits per heavy atom. The lowest BCUT2D eigenvalue weighted by Crippen LogP contribution is -2.61. The van der Waals surface area contributed by atoms with Gasteiger partial charge >= 0.3 is 0 Å². The summed E-state index contributed by atoms with van der Waals surface area (Å²) in [5.41, 5.74) is 7.77. The fraction of sp³-hybridized carbons (Fsp3) is 0.647. The molecule has 2 nitrogen and oxygen atoms in total. The fourth-order valence-electron chi connectivity index (χ4n) is 2.72. The first-order valence-electron chi connectivity index (χ1n) is 7.30. The molecule has 0 aliphatic heterocycles. The normalized spacial score (nSPS) is 30.8. The molecule has 19 heavy (non-hydrogen) atoms. The minimum atomic E-state index is 0.128. The topological polar surface area (TPSA) is 35.2 Å². The van der Waals surface area contributed by atoms with E-state index < -0.39 is 0 Å². The summed E-state index contributed by atoms with van der Waals surface area (Å²) in [6.07, 6.45) is 2.29. The molecule has 0 spiro atoms. The predicted octanol–water partition coefficient (Wildman–Crippen LogP) is 3.88. The van der Waals surface area contributed by atoms with Crippen molar-refractivity contribution in [2.75, 3.05) is 0 Å². The van der Waals surface area contributed by atoms with Crippen LogP contribution in [-0.4, -0.2) is 12.1 Å². The summed E-state index contributed by atoms with van der Waals surface area (Å²) in [6.45, 7) is 11.1. The monoisotopic (exact) mass is 261 g/mol. The smallest absolute Gasteiger partial charge is 0.119 e. The Morgan fingerprint density at radius 2 is 1.84 bits per heavy atom. The van der Waals surface area contributed by atoms with Gasteiger partial charge in [-0.05, 0) is 29.5 Å². The molecule has 1 aliphatic rings. The van der Waals surface area contributed by atoms with Gasteiger partial charge in [-0.2, -0.15) is 0 Å². The van der Waals surface area contributed by atoms with Crippen LogP contribution in [-0.2, 0) is 5.41 Å². The highest BCUT2D eigenvalue weighted by Gasteiger charge is 2.50. The van der Waals surface area contributed by atoms with Crippen molar-refractivity contribution < 1.29 is 4.74 Å². The zero-order chi connectivity index (χ0) is 14.3. The predicted molar refractivity (Wildman–Crippen MR) is 80.5 cm³/mol. The highest BCUT2D eigenvalue weighted by atomic mass is 16.5. The molecule has 1 aliphatic carbocycles. The van der Waals surface area contributed by atoms with E-state index in [2.05, 4.69) is 58.9 Å². The summed E-state index contributed by atoms with van der Waals surface area (Å²) in [5.74, 6) is 0.963. The number of nitrogens with two attached hydrogens (primary N) is 1. The van der Waals surface area contributed by atoms with E-state index in [0.717, 1.165) is 18.6 Å². The Hall–Kier alpha value is -1.02. The molecule has 1 aromatic rings. The maximum Gasteiger partial charge on any atom is 0.119 e. The molecule has 0 bridgehead atoms. The molecule has 0 saturated heterocycles. The van der Waals surface area contributed by atoms with Crippen LogP contribution in [0.4, 0.5) is 0 Å². The quantitative estimate of drug-likeness (QED) is 0.896. The second kappa shape index (κ2) is 4.82. The summed E-state index contributed by atoms with van der Waals surface area (Å²) in [7, 11) is 0. The standard InChI is InChI=1S/C17H27NO/c1-6-17(5)14(18)11-15(17)19-13-9-7-12(8-10-13)16(2,3)4/h7-10,14-15H,6,11,18H2,1-5H3. The van der Waals surface area contributed by atoms with Gasteiger partial charge in [-0.25, -0.2) is 0 Å². The molecule has 2 N–H and O–H groups in total. The van der Waals surface area contributed by atoms with Crippen molar-refractivity contribution in [3.05, 3.63) is 29.8 Å². The Kier molecular flexibility index (Phi) is 3.65. The van der Waals surface area contributed by atoms with E-state index in [1.54, 1.807) is 0 Å². The molecule has 1 fully saturated rings. The minimum Gasteiger partial charge on any atom is -0.490 e. The molecule has 106 valence electrons. The van der Waals surface area contributed by atoms with Gasteiger partial charge in [0, 0.05) is 17.9 Å². The number of benzene rings is 1. The molecule has 0 amide bonds. The Morgan fingerprint density at radius 3 is 2.26 bits per heavy atom. The van der Waals surface area contributed by atoms with Crippen molar-refractivity contribution in [1.82, 2.24) is 0 Å². The summed E-state index contributed by atoms with van der Waals surface area (Å²) in [4.78, 5) is 0. The Balaban J connectivity index is 2.05. The first-order chi connectivity index (χ1) is 8.77. The van der Waals surface area contributed by atoms with Gasteiger partial charge in [0.1, 0.15) is 11.9 Å². The molecule has 2 rings (SSSR count). The number of hydrogen-bond acceptors (Lipinski definition) is 2. The van der Waals surface area contributed by atoms with E-state index in [0.29, 0.717) is 0 Å². The molecule has 3 atom stereocenters. The van der Waals surface area contributed by atoms with Crippen LogP contribution in [0, 0.1) is 5.41 Å². The minimum absolute atomic E-state index is 0.128. The van der Waals surface area contributed by atoms with Crippen LogP contribution in [0.5, 0.6) is 5.75 Å². The highest BCUT2D eigenvalue weighted by molar-refractivity contribution is 5.31. The molecular formula is C17H27NO. The third-order valence-corrected chi connectivity index (χ3v) is 4.81. The Bertz CT molecular complexity index is 432. The van der Waals surface area contributed by atoms with Crippen molar-refractivity contribution in [2.24, 2.45) is 11.1 Å². The number of rotatable bonds is 3. The number of hydrogen-bond donors (Lipinski definition) is 1. The van der Waals surface area contributed by atoms with Gasteiger partial charge in [0.05, 0.1) is 0 Å². The summed E-state index contributed by atoms with van der Waals surface area (Å²) in [5, 5.41) is 0. The van der Waals surface area contributed by atoms with Crippen LogP contribution in [0.2, 0.25) is 0 Å². The van der Waals surface area contributed by atoms with Crippen LogP contribution in [0.3, 0.4) is 0 Å². The molecule has 0 radical (unpaired) electrons. The van der Waals surface area contributed by atoms with Crippen molar-refractivity contribution >= 4 is 0 Å². The summed E-state index contributed by atoms with van der Waals surface area (Å²) in [6, 6.07) is 8.77. The van der Waals surface area contributed by atoms with Gasteiger partial charge in [-0.3, -0.25) is 0 Å². The summed E-state index contributed by atoms with van der Waals surface area (Å²) >= 11 is 0. The van der Waals surface area contributed by atoms with Gasteiger partial charge in [0.2, 0.25) is 0 Å². The number of ether oxygens (including phenoxy) is 1. The van der Waals surface area contributed by atoms with Gasteiger partial charge < -0.3 is 10.5 Å². The van der Waals surface area contributed by atoms with E-state index in [1.807, 2.05) is 0 Å². The summed E-state index contributed by atoms with van der Waals surface area (Å²) < 4.78 is 6.11. The van der Waals surface area contributed by atoms with E-state index >= 15 is 0 Å². The third kappa shape index (κ3) is 2.64. The molecule has 1 saturated carbocycles. The fourth-order valence-corrected chi connectivity index (χ4v) is 2.72. The van der Waals surface area contributed by atoms with Crippen molar-refractivity contribution in [1.29, 1.82) is 0 Å². The molecule has 1 aromatic carbocycles. The van der Waals surface area contributed by atoms with Crippen LogP contribution >= 0.6 is 0 Å². The molecular weight excluding hydrogens is 234 g/mol. The maximum absolute atomic E-state index is 6.11. The van der Waals surface area contributed by atoms with Crippen LogP contribution < -0.4 is 10.5 Å². The average molecular weight is 261 g/mol. The molecule has 2 heteroatoms. The first-order valence-corrected chi connectivity index (χ1v) is 7.30. The highest BCUT2D eigenvalue weighted by Crippen LogP contribution is 2.44. The second-order valence-corrected chi connectivity index (χ2v) is 7.08. The van der Waals surface area contributed by atoms with E-state index in [1.165, 1.54) is 5.56 Å². The van der Waals surface area contributed by atoms with Gasteiger partial charge in [0.25, 0.3) is 0 Å². The van der Waals surface area contributed by atoms with Crippen molar-refractivity contribution in [3.63, 3.8) is 0 Å². The van der Waals surface area contributed by atoms with E-state index in [4.69, 9.17) is 10.5 Å². The zero-order valence-corrected chi connectivity index (χ0v) is 12.9. The maximum atomic E-state index is 6.11. The lowest BCUT2D eigenvalue weighted by molar-refractivity contribution is -0.0560. The van der Waals surface area contributed by atoms with Gasteiger partial charge in [-0.1, -0.05) is 46.8 Å². The Labute approximate surface area is 117 Å². The largest absolute Gasteiger partial charge is 0.490 e. The van der Waals surface area contributed by atoms with Crippen molar-refractivity contribution in [3.8, 4) is 5.75 Å². The SMILES string of the molecule is CCC1(C)C(N)CC1Oc1ccc(C(C)(C)C)cc1. The van der Waals surface area contributed by atoms with Gasteiger partial charge in [0.15, 0.2) is 0 Å². The molecule has 3 unspecified atom stereocenters. The third-order valence-electron chi connectivity index (χ3n) is 4.81. The van der Waals surface area contributed by atoms with E-state index in [9.17, 15) is 0 Å². The second-order valence-electron chi connectivity index (χ2n) is 7.08. The van der Waals surface area contributed by atoms with Crippen LogP contribution in [0.25, 0.3) is 0 Å².